The number of amides is 1. The van der Waals surface area contributed by atoms with Crippen LogP contribution in [-0.4, -0.2) is 42.0 Å². The van der Waals surface area contributed by atoms with Crippen LogP contribution >= 0.6 is 11.3 Å². The number of ketones is 1. The van der Waals surface area contributed by atoms with Gasteiger partial charge in [-0.2, -0.15) is 0 Å². The first-order valence-electron chi connectivity index (χ1n) is 11.7. The molecule has 0 aliphatic carbocycles. The molecule has 0 radical (unpaired) electrons. The second kappa shape index (κ2) is 9.75. The zero-order valence-electron chi connectivity index (χ0n) is 21.1. The zero-order valence-corrected chi connectivity index (χ0v) is 22.0. The molecule has 0 unspecified atom stereocenters. The summed E-state index contributed by atoms with van der Waals surface area (Å²) >= 11 is 1.29. The SMILES string of the molecule is COC(=O)c1ccc([C@H]2/C(=C(\O)c3ccc(OC)c(C)c3)C(=O)C(=O)N2c2nc3ccc(C)cc3s2)cc1. The van der Waals surface area contributed by atoms with Crippen LogP contribution in [0.1, 0.15) is 38.7 Å². The maximum atomic E-state index is 13.5. The second-order valence-corrected chi connectivity index (χ2v) is 9.94. The van der Waals surface area contributed by atoms with Gasteiger partial charge in [0.15, 0.2) is 5.13 Å². The molecule has 3 aromatic carbocycles. The number of ether oxygens (including phenoxy) is 2. The molecule has 1 N–H and O–H groups in total. The summed E-state index contributed by atoms with van der Waals surface area (Å²) in [5.74, 6) is -1.82. The number of Topliss-reactive ketones (excluding diaryl/α,β-unsaturated/α-hetero) is 1. The van der Waals surface area contributed by atoms with Gasteiger partial charge in [0.25, 0.3) is 5.78 Å². The van der Waals surface area contributed by atoms with Gasteiger partial charge in [0, 0.05) is 5.56 Å². The van der Waals surface area contributed by atoms with Crippen molar-refractivity contribution in [3.8, 4) is 5.75 Å². The lowest BCUT2D eigenvalue weighted by atomic mass is 9.94. The van der Waals surface area contributed by atoms with Crippen LogP contribution in [-0.2, 0) is 14.3 Å². The highest BCUT2D eigenvalue weighted by atomic mass is 32.1. The van der Waals surface area contributed by atoms with E-state index in [1.165, 1.54) is 23.3 Å². The average molecular weight is 529 g/mol. The van der Waals surface area contributed by atoms with Gasteiger partial charge in [0.05, 0.1) is 41.6 Å². The minimum Gasteiger partial charge on any atom is -0.507 e. The number of carbonyl (C=O) groups excluding carboxylic acids is 3. The topological polar surface area (TPSA) is 106 Å². The summed E-state index contributed by atoms with van der Waals surface area (Å²) in [5.41, 5.74) is 3.64. The van der Waals surface area contributed by atoms with Gasteiger partial charge in [-0.1, -0.05) is 29.5 Å². The molecule has 0 saturated carbocycles. The number of benzene rings is 3. The van der Waals surface area contributed by atoms with Crippen molar-refractivity contribution in [2.45, 2.75) is 19.9 Å². The number of anilines is 1. The van der Waals surface area contributed by atoms with E-state index in [1.807, 2.05) is 32.0 Å². The number of hydrogen-bond donors (Lipinski definition) is 1. The average Bonchev–Trinajstić information content (AvgIpc) is 3.45. The molecule has 1 saturated heterocycles. The van der Waals surface area contributed by atoms with E-state index in [2.05, 4.69) is 4.98 Å². The van der Waals surface area contributed by atoms with Crippen molar-refractivity contribution < 1.29 is 29.0 Å². The predicted molar refractivity (Wildman–Crippen MR) is 145 cm³/mol. The summed E-state index contributed by atoms with van der Waals surface area (Å²) in [5, 5.41) is 11.7. The number of esters is 1. The van der Waals surface area contributed by atoms with Gasteiger partial charge < -0.3 is 14.6 Å². The van der Waals surface area contributed by atoms with Crippen LogP contribution < -0.4 is 9.64 Å². The van der Waals surface area contributed by atoms with E-state index in [0.29, 0.717) is 33.1 Å². The quantitative estimate of drug-likeness (QED) is 0.161. The van der Waals surface area contributed by atoms with Crippen LogP contribution in [0, 0.1) is 13.8 Å². The van der Waals surface area contributed by atoms with Crippen LogP contribution in [0.4, 0.5) is 5.13 Å². The van der Waals surface area contributed by atoms with Crippen molar-refractivity contribution in [2.24, 2.45) is 0 Å². The van der Waals surface area contributed by atoms with Gasteiger partial charge in [-0.15, -0.1) is 0 Å². The fraction of sp³-hybridized carbons (Fsp3) is 0.172. The van der Waals surface area contributed by atoms with Crippen molar-refractivity contribution in [2.75, 3.05) is 19.1 Å². The van der Waals surface area contributed by atoms with Crippen molar-refractivity contribution in [3.63, 3.8) is 0 Å². The molecule has 2 heterocycles. The molecule has 38 heavy (non-hydrogen) atoms. The monoisotopic (exact) mass is 528 g/mol. The van der Waals surface area contributed by atoms with Crippen molar-refractivity contribution in [1.82, 2.24) is 4.98 Å². The number of hydrogen-bond acceptors (Lipinski definition) is 8. The number of nitrogens with zero attached hydrogens (tertiary/aromatic N) is 2. The molecule has 1 aromatic heterocycles. The van der Waals surface area contributed by atoms with Crippen LogP contribution in [0.2, 0.25) is 0 Å². The number of thiazole rings is 1. The minimum atomic E-state index is -0.967. The predicted octanol–water partition coefficient (Wildman–Crippen LogP) is 5.33. The smallest absolute Gasteiger partial charge is 0.337 e. The molecule has 192 valence electrons. The minimum absolute atomic E-state index is 0.0687. The largest absolute Gasteiger partial charge is 0.507 e. The molecular weight excluding hydrogens is 504 g/mol. The molecule has 1 aliphatic heterocycles. The Morgan fingerprint density at radius 1 is 0.974 bits per heavy atom. The normalized spacial score (nSPS) is 16.7. The van der Waals surface area contributed by atoms with Gasteiger partial charge in [0.2, 0.25) is 0 Å². The summed E-state index contributed by atoms with van der Waals surface area (Å²) in [6, 6.07) is 16.2. The van der Waals surface area contributed by atoms with Crippen molar-refractivity contribution in [1.29, 1.82) is 0 Å². The second-order valence-electron chi connectivity index (χ2n) is 8.93. The van der Waals surface area contributed by atoms with E-state index in [9.17, 15) is 19.5 Å². The number of aryl methyl sites for hydroxylation is 2. The molecule has 1 fully saturated rings. The molecule has 8 nitrogen and oxygen atoms in total. The van der Waals surface area contributed by atoms with Gasteiger partial charge in [-0.25, -0.2) is 9.78 Å². The molecular formula is C29H24N2O6S. The Kier molecular flexibility index (Phi) is 6.46. The lowest BCUT2D eigenvalue weighted by Gasteiger charge is -2.23. The summed E-state index contributed by atoms with van der Waals surface area (Å²) in [7, 11) is 2.84. The molecule has 0 bridgehead atoms. The van der Waals surface area contributed by atoms with E-state index in [1.54, 1.807) is 49.6 Å². The van der Waals surface area contributed by atoms with Gasteiger partial charge >= 0.3 is 11.9 Å². The number of rotatable bonds is 5. The summed E-state index contributed by atoms with van der Waals surface area (Å²) in [4.78, 5) is 44.9. The molecule has 1 amide bonds. The third kappa shape index (κ3) is 4.20. The Morgan fingerprint density at radius 3 is 2.34 bits per heavy atom. The fourth-order valence-corrected chi connectivity index (χ4v) is 5.66. The molecule has 1 atom stereocenters. The van der Waals surface area contributed by atoms with Crippen LogP contribution in [0.25, 0.3) is 16.0 Å². The van der Waals surface area contributed by atoms with Crippen molar-refractivity contribution >= 4 is 50.1 Å². The Morgan fingerprint density at radius 2 is 1.68 bits per heavy atom. The van der Waals surface area contributed by atoms with Gasteiger partial charge in [-0.3, -0.25) is 14.5 Å². The number of aliphatic hydroxyl groups excluding tert-OH is 1. The fourth-order valence-electron chi connectivity index (χ4n) is 4.57. The summed E-state index contributed by atoms with van der Waals surface area (Å²) in [6.45, 7) is 3.78. The first-order valence-corrected chi connectivity index (χ1v) is 12.6. The maximum Gasteiger partial charge on any atom is 0.337 e. The number of fused-ring (bicyclic) bond motifs is 1. The number of carbonyl (C=O) groups is 3. The molecule has 1 aliphatic rings. The lowest BCUT2D eigenvalue weighted by Crippen LogP contribution is -2.29. The van der Waals surface area contributed by atoms with E-state index in [4.69, 9.17) is 9.47 Å². The Balaban J connectivity index is 1.71. The highest BCUT2D eigenvalue weighted by Crippen LogP contribution is 2.44. The summed E-state index contributed by atoms with van der Waals surface area (Å²) in [6.07, 6.45) is 0. The Hall–Kier alpha value is -4.50. The van der Waals surface area contributed by atoms with Gasteiger partial charge in [0.1, 0.15) is 11.5 Å². The zero-order chi connectivity index (χ0) is 27.1. The molecule has 9 heteroatoms. The first kappa shape index (κ1) is 25.2. The Bertz CT molecular complexity index is 1640. The molecule has 5 rings (SSSR count). The standard InChI is InChI=1S/C29H24N2O6S/c1-15-5-11-20-22(13-15)38-29(30-20)31-24(17-6-8-18(9-7-17)28(35)37-4)23(26(33)27(31)34)25(32)19-10-12-21(36-3)16(2)14-19/h5-14,24,32H,1-4H3/b25-23+/t24-/m0/s1. The van der Waals surface area contributed by atoms with Crippen molar-refractivity contribution in [3.05, 3.63) is 94.1 Å². The van der Waals surface area contributed by atoms with E-state index >= 15 is 0 Å². The van der Waals surface area contributed by atoms with Crippen LogP contribution in [0.15, 0.2) is 66.2 Å². The highest BCUT2D eigenvalue weighted by molar-refractivity contribution is 7.22. The third-order valence-corrected chi connectivity index (χ3v) is 7.52. The lowest BCUT2D eigenvalue weighted by molar-refractivity contribution is -0.132. The van der Waals surface area contributed by atoms with E-state index in [-0.39, 0.29) is 11.3 Å². The molecule has 4 aromatic rings. The van der Waals surface area contributed by atoms with Crippen LogP contribution in [0.3, 0.4) is 0 Å². The Labute approximate surface area is 222 Å². The number of methoxy groups -OCH3 is 2. The van der Waals surface area contributed by atoms with Gasteiger partial charge in [-0.05, 0) is 73.0 Å². The number of aromatic nitrogens is 1. The number of aliphatic hydroxyl groups is 1. The third-order valence-electron chi connectivity index (χ3n) is 6.50. The summed E-state index contributed by atoms with van der Waals surface area (Å²) < 4.78 is 11.0. The first-order chi connectivity index (χ1) is 18.2. The molecule has 0 spiro atoms. The highest BCUT2D eigenvalue weighted by Gasteiger charge is 2.48. The van der Waals surface area contributed by atoms with Crippen LogP contribution in [0.5, 0.6) is 5.75 Å². The van der Waals surface area contributed by atoms with E-state index in [0.717, 1.165) is 15.8 Å². The maximum absolute atomic E-state index is 13.5. The van der Waals surface area contributed by atoms with E-state index < -0.39 is 23.7 Å².